The Morgan fingerprint density at radius 1 is 0.750 bits per heavy atom. The van der Waals surface area contributed by atoms with Crippen LogP contribution < -0.4 is 0 Å². The lowest BCUT2D eigenvalue weighted by atomic mass is 9.97. The van der Waals surface area contributed by atoms with Crippen LogP contribution >= 0.6 is 0 Å². The van der Waals surface area contributed by atoms with Crippen LogP contribution in [0.2, 0.25) is 0 Å². The summed E-state index contributed by atoms with van der Waals surface area (Å²) in [6, 6.07) is 29.5. The smallest absolute Gasteiger partial charge is 0.0500 e. The van der Waals surface area contributed by atoms with Crippen molar-refractivity contribution in [2.24, 2.45) is 0 Å². The molecule has 0 bridgehead atoms. The van der Waals surface area contributed by atoms with Gasteiger partial charge in [-0.15, -0.1) is 0 Å². The summed E-state index contributed by atoms with van der Waals surface area (Å²) in [7, 11) is 0. The number of fused-ring (bicyclic) bond motifs is 1. The van der Waals surface area contributed by atoms with Crippen molar-refractivity contribution in [2.45, 2.75) is 6.92 Å². The van der Waals surface area contributed by atoms with Gasteiger partial charge in [-0.2, -0.15) is 0 Å². The van der Waals surface area contributed by atoms with Crippen LogP contribution in [0.25, 0.3) is 22.6 Å². The first kappa shape index (κ1) is 14.5. The van der Waals surface area contributed by atoms with Crippen molar-refractivity contribution in [3.8, 4) is 0 Å². The van der Waals surface area contributed by atoms with Crippen molar-refractivity contribution in [3.63, 3.8) is 0 Å². The highest BCUT2D eigenvalue weighted by molar-refractivity contribution is 5.97. The third kappa shape index (κ3) is 2.65. The van der Waals surface area contributed by atoms with E-state index in [9.17, 15) is 0 Å². The number of para-hydroxylation sites is 1. The van der Waals surface area contributed by atoms with Gasteiger partial charge in [0.2, 0.25) is 0 Å². The van der Waals surface area contributed by atoms with E-state index in [1.165, 1.54) is 38.9 Å². The molecule has 3 aromatic carbocycles. The fraction of sp³-hybridized carbons (Fsp3) is 0.0435. The quantitative estimate of drug-likeness (QED) is 0.442. The molecule has 0 amide bonds. The number of hydrogen-bond donors (Lipinski definition) is 1. The van der Waals surface area contributed by atoms with Crippen molar-refractivity contribution in [1.29, 1.82) is 0 Å². The summed E-state index contributed by atoms with van der Waals surface area (Å²) in [5, 5.41) is 1.28. The maximum Gasteiger partial charge on any atom is 0.0500 e. The summed E-state index contributed by atoms with van der Waals surface area (Å²) >= 11 is 0. The normalized spacial score (nSPS) is 11.8. The molecule has 0 aliphatic rings. The molecule has 0 aliphatic carbocycles. The highest BCUT2D eigenvalue weighted by Gasteiger charge is 2.13. The monoisotopic (exact) mass is 309 g/mol. The minimum absolute atomic E-state index is 1.18. The second kappa shape index (κ2) is 6.21. The van der Waals surface area contributed by atoms with Crippen LogP contribution in [0.3, 0.4) is 0 Å². The van der Waals surface area contributed by atoms with E-state index in [1.807, 2.05) is 6.07 Å². The van der Waals surface area contributed by atoms with Gasteiger partial charge in [0.05, 0.1) is 5.69 Å². The number of nitrogens with one attached hydrogen (secondary N) is 1. The first-order valence-corrected chi connectivity index (χ1v) is 8.23. The van der Waals surface area contributed by atoms with Gasteiger partial charge in [-0.25, -0.2) is 0 Å². The first-order chi connectivity index (χ1) is 11.8. The van der Waals surface area contributed by atoms with Crippen LogP contribution in [0.5, 0.6) is 0 Å². The van der Waals surface area contributed by atoms with Crippen molar-refractivity contribution < 1.29 is 0 Å². The Morgan fingerprint density at radius 2 is 1.38 bits per heavy atom. The SMILES string of the molecule is Cc1c(/C(=C\c2ccccc2)c2ccccc2)[nH]c2ccccc12. The van der Waals surface area contributed by atoms with Gasteiger partial charge in [0.15, 0.2) is 0 Å². The van der Waals surface area contributed by atoms with E-state index in [0.717, 1.165) is 0 Å². The molecular formula is C23H19N. The van der Waals surface area contributed by atoms with E-state index in [2.05, 4.69) is 96.8 Å². The molecule has 0 fully saturated rings. The highest BCUT2D eigenvalue weighted by atomic mass is 14.7. The van der Waals surface area contributed by atoms with E-state index in [-0.39, 0.29) is 0 Å². The van der Waals surface area contributed by atoms with Gasteiger partial charge in [-0.05, 0) is 35.8 Å². The molecule has 24 heavy (non-hydrogen) atoms. The van der Waals surface area contributed by atoms with Gasteiger partial charge in [-0.1, -0.05) is 78.9 Å². The van der Waals surface area contributed by atoms with Crippen LogP contribution in [0.15, 0.2) is 84.9 Å². The molecule has 0 saturated carbocycles. The number of rotatable bonds is 3. The van der Waals surface area contributed by atoms with Gasteiger partial charge in [0.25, 0.3) is 0 Å². The van der Waals surface area contributed by atoms with Crippen LogP contribution in [0, 0.1) is 6.92 Å². The summed E-state index contributed by atoms with van der Waals surface area (Å²) in [5.74, 6) is 0. The van der Waals surface area contributed by atoms with Crippen LogP contribution in [0.4, 0.5) is 0 Å². The first-order valence-electron chi connectivity index (χ1n) is 8.23. The number of benzene rings is 3. The number of hydrogen-bond acceptors (Lipinski definition) is 0. The Bertz CT molecular complexity index is 992. The molecule has 0 aliphatic heterocycles. The summed E-state index contributed by atoms with van der Waals surface area (Å²) in [6.07, 6.45) is 2.26. The summed E-state index contributed by atoms with van der Waals surface area (Å²) in [4.78, 5) is 3.61. The van der Waals surface area contributed by atoms with E-state index in [0.29, 0.717) is 0 Å². The Morgan fingerprint density at radius 3 is 2.08 bits per heavy atom. The Balaban J connectivity index is 1.95. The topological polar surface area (TPSA) is 15.8 Å². The fourth-order valence-electron chi connectivity index (χ4n) is 3.19. The summed E-state index contributed by atoms with van der Waals surface area (Å²) in [6.45, 7) is 2.19. The average Bonchev–Trinajstić information content (AvgIpc) is 2.98. The highest BCUT2D eigenvalue weighted by Crippen LogP contribution is 2.32. The zero-order valence-electron chi connectivity index (χ0n) is 13.7. The third-order valence-electron chi connectivity index (χ3n) is 4.43. The van der Waals surface area contributed by atoms with Crippen LogP contribution in [0.1, 0.15) is 22.4 Å². The van der Waals surface area contributed by atoms with Gasteiger partial charge < -0.3 is 4.98 Å². The molecule has 0 radical (unpaired) electrons. The van der Waals surface area contributed by atoms with Crippen LogP contribution in [-0.2, 0) is 0 Å². The summed E-state index contributed by atoms with van der Waals surface area (Å²) in [5.41, 5.74) is 7.30. The van der Waals surface area contributed by atoms with Gasteiger partial charge in [-0.3, -0.25) is 0 Å². The number of H-pyrrole nitrogens is 1. The third-order valence-corrected chi connectivity index (χ3v) is 4.43. The lowest BCUT2D eigenvalue weighted by Gasteiger charge is -2.09. The van der Waals surface area contributed by atoms with Crippen molar-refractivity contribution in [1.82, 2.24) is 4.98 Å². The maximum atomic E-state index is 3.61. The minimum Gasteiger partial charge on any atom is -0.354 e. The van der Waals surface area contributed by atoms with Gasteiger partial charge in [0.1, 0.15) is 0 Å². The summed E-state index contributed by atoms with van der Waals surface area (Å²) < 4.78 is 0. The molecule has 0 saturated heterocycles. The lowest BCUT2D eigenvalue weighted by molar-refractivity contribution is 1.35. The molecule has 0 atom stereocenters. The van der Waals surface area contributed by atoms with E-state index < -0.39 is 0 Å². The average molecular weight is 309 g/mol. The Kier molecular flexibility index (Phi) is 3.76. The Hall–Kier alpha value is -3.06. The molecule has 1 heterocycles. The zero-order valence-corrected chi connectivity index (χ0v) is 13.7. The minimum atomic E-state index is 1.18. The predicted octanol–water partition coefficient (Wildman–Crippen LogP) is 6.07. The van der Waals surface area contributed by atoms with Crippen molar-refractivity contribution in [2.75, 3.05) is 0 Å². The number of aryl methyl sites for hydroxylation is 1. The molecule has 1 N–H and O–H groups in total. The molecule has 116 valence electrons. The second-order valence-corrected chi connectivity index (χ2v) is 6.01. The molecule has 4 rings (SSSR count). The molecule has 1 heteroatoms. The predicted molar refractivity (Wildman–Crippen MR) is 103 cm³/mol. The maximum absolute atomic E-state index is 3.61. The van der Waals surface area contributed by atoms with E-state index >= 15 is 0 Å². The lowest BCUT2D eigenvalue weighted by Crippen LogP contribution is -1.91. The van der Waals surface area contributed by atoms with Crippen LogP contribution in [-0.4, -0.2) is 4.98 Å². The van der Waals surface area contributed by atoms with E-state index in [4.69, 9.17) is 0 Å². The molecule has 1 nitrogen and oxygen atoms in total. The molecule has 1 aromatic heterocycles. The molecular weight excluding hydrogens is 290 g/mol. The standard InChI is InChI=1S/C23H19N/c1-17-20-14-8-9-15-22(20)24-23(17)21(19-12-6-3-7-13-19)16-18-10-4-2-5-11-18/h2-16,24H,1H3/b21-16-. The van der Waals surface area contributed by atoms with E-state index in [1.54, 1.807) is 0 Å². The number of aromatic nitrogens is 1. The largest absolute Gasteiger partial charge is 0.354 e. The Labute approximate surface area is 142 Å². The fourth-order valence-corrected chi connectivity index (χ4v) is 3.19. The van der Waals surface area contributed by atoms with Gasteiger partial charge >= 0.3 is 0 Å². The van der Waals surface area contributed by atoms with Crippen molar-refractivity contribution >= 4 is 22.6 Å². The number of aromatic amines is 1. The molecule has 4 aromatic rings. The second-order valence-electron chi connectivity index (χ2n) is 6.01. The zero-order chi connectivity index (χ0) is 16.4. The molecule has 0 spiro atoms. The van der Waals surface area contributed by atoms with Crippen molar-refractivity contribution in [3.05, 3.63) is 107 Å². The molecule has 0 unspecified atom stereocenters. The van der Waals surface area contributed by atoms with Gasteiger partial charge in [0, 0.05) is 16.5 Å².